The standard InChI is InChI=1S/C12H14N4O2/c1-2-13-9-5-6-14-10(7-9)8-16-12(18)4-3-11(17)15-16/h3-7H,2,8H2,1H3,(H,13,14)(H,15,17). The summed E-state index contributed by atoms with van der Waals surface area (Å²) in [5.41, 5.74) is 1.08. The third kappa shape index (κ3) is 2.85. The number of hydrogen-bond donors (Lipinski definition) is 2. The number of H-pyrrole nitrogens is 1. The van der Waals surface area contributed by atoms with Gasteiger partial charge in [-0.15, -0.1) is 0 Å². The number of nitrogens with one attached hydrogen (secondary N) is 2. The lowest BCUT2D eigenvalue weighted by Crippen LogP contribution is -2.28. The van der Waals surface area contributed by atoms with E-state index in [2.05, 4.69) is 15.4 Å². The van der Waals surface area contributed by atoms with E-state index in [1.165, 1.54) is 16.8 Å². The summed E-state index contributed by atoms with van der Waals surface area (Å²) in [6, 6.07) is 6.15. The Morgan fingerprint density at radius 2 is 2.17 bits per heavy atom. The Morgan fingerprint density at radius 1 is 1.33 bits per heavy atom. The predicted octanol–water partition coefficient (Wildman–Crippen LogP) is 0.412. The van der Waals surface area contributed by atoms with Crippen LogP contribution in [0, 0.1) is 0 Å². The lowest BCUT2D eigenvalue weighted by atomic mass is 10.3. The SMILES string of the molecule is CCNc1ccnc(Cn2[nH]c(=O)ccc2=O)c1. The van der Waals surface area contributed by atoms with Gasteiger partial charge in [0.25, 0.3) is 11.1 Å². The summed E-state index contributed by atoms with van der Waals surface area (Å²) in [5, 5.41) is 5.62. The Kier molecular flexibility index (Phi) is 3.57. The van der Waals surface area contributed by atoms with Gasteiger partial charge in [-0.3, -0.25) is 19.7 Å². The van der Waals surface area contributed by atoms with Crippen LogP contribution >= 0.6 is 0 Å². The molecule has 0 aliphatic rings. The van der Waals surface area contributed by atoms with Gasteiger partial charge in [-0.2, -0.15) is 0 Å². The van der Waals surface area contributed by atoms with Crippen molar-refractivity contribution in [2.45, 2.75) is 13.5 Å². The maximum absolute atomic E-state index is 11.5. The summed E-state index contributed by atoms with van der Waals surface area (Å²) < 4.78 is 1.24. The summed E-state index contributed by atoms with van der Waals surface area (Å²) >= 11 is 0. The molecule has 2 aromatic rings. The van der Waals surface area contributed by atoms with Crippen molar-refractivity contribution in [1.29, 1.82) is 0 Å². The van der Waals surface area contributed by atoms with Crippen LogP contribution < -0.4 is 16.4 Å². The van der Waals surface area contributed by atoms with Gasteiger partial charge in [0, 0.05) is 30.6 Å². The Balaban J connectivity index is 2.28. The van der Waals surface area contributed by atoms with E-state index in [1.807, 2.05) is 19.1 Å². The molecule has 94 valence electrons. The largest absolute Gasteiger partial charge is 0.385 e. The highest BCUT2D eigenvalue weighted by molar-refractivity contribution is 5.42. The number of rotatable bonds is 4. The van der Waals surface area contributed by atoms with Gasteiger partial charge in [0.15, 0.2) is 0 Å². The summed E-state index contributed by atoms with van der Waals surface area (Å²) in [4.78, 5) is 26.9. The molecule has 0 atom stereocenters. The van der Waals surface area contributed by atoms with Crippen molar-refractivity contribution in [3.05, 3.63) is 56.9 Å². The molecule has 2 aromatic heterocycles. The Morgan fingerprint density at radius 3 is 2.94 bits per heavy atom. The minimum Gasteiger partial charge on any atom is -0.385 e. The van der Waals surface area contributed by atoms with Crippen LogP contribution in [-0.2, 0) is 6.54 Å². The molecule has 0 fully saturated rings. The molecule has 2 heterocycles. The minimum atomic E-state index is -0.308. The number of anilines is 1. The van der Waals surface area contributed by atoms with Gasteiger partial charge in [0.1, 0.15) is 0 Å². The number of hydrogen-bond acceptors (Lipinski definition) is 4. The molecule has 0 bridgehead atoms. The quantitative estimate of drug-likeness (QED) is 0.819. The van der Waals surface area contributed by atoms with Crippen molar-refractivity contribution < 1.29 is 0 Å². The predicted molar refractivity (Wildman–Crippen MR) is 68.8 cm³/mol. The van der Waals surface area contributed by atoms with Gasteiger partial charge in [-0.25, -0.2) is 4.68 Å². The molecule has 6 heteroatoms. The Labute approximate surface area is 103 Å². The first-order valence-corrected chi connectivity index (χ1v) is 5.68. The minimum absolute atomic E-state index is 0.244. The molecule has 2 N–H and O–H groups in total. The van der Waals surface area contributed by atoms with Crippen LogP contribution in [0.2, 0.25) is 0 Å². The second-order valence-electron chi connectivity index (χ2n) is 3.80. The third-order valence-corrected chi connectivity index (χ3v) is 2.41. The zero-order valence-corrected chi connectivity index (χ0v) is 10.0. The van der Waals surface area contributed by atoms with Gasteiger partial charge in [0.05, 0.1) is 12.2 Å². The lowest BCUT2D eigenvalue weighted by molar-refractivity contribution is 0.617. The fraction of sp³-hybridized carbons (Fsp3) is 0.250. The molecule has 0 aromatic carbocycles. The average molecular weight is 246 g/mol. The molecule has 18 heavy (non-hydrogen) atoms. The van der Waals surface area contributed by atoms with Crippen molar-refractivity contribution in [3.8, 4) is 0 Å². The van der Waals surface area contributed by atoms with Crippen molar-refractivity contribution in [3.63, 3.8) is 0 Å². The van der Waals surface area contributed by atoms with Crippen LogP contribution in [-0.4, -0.2) is 21.3 Å². The lowest BCUT2D eigenvalue weighted by Gasteiger charge is -2.07. The van der Waals surface area contributed by atoms with Crippen LogP contribution in [0.15, 0.2) is 40.1 Å². The maximum Gasteiger partial charge on any atom is 0.265 e. The van der Waals surface area contributed by atoms with Crippen LogP contribution in [0.3, 0.4) is 0 Å². The zero-order chi connectivity index (χ0) is 13.0. The van der Waals surface area contributed by atoms with Gasteiger partial charge in [0.2, 0.25) is 0 Å². The molecule has 0 unspecified atom stereocenters. The summed E-state index contributed by atoms with van der Waals surface area (Å²) in [5.74, 6) is 0. The van der Waals surface area contributed by atoms with Crippen LogP contribution in [0.1, 0.15) is 12.6 Å². The molecule has 0 saturated heterocycles. The molecular formula is C12H14N4O2. The molecule has 0 radical (unpaired) electrons. The van der Waals surface area contributed by atoms with Gasteiger partial charge in [-0.1, -0.05) is 0 Å². The monoisotopic (exact) mass is 246 g/mol. The van der Waals surface area contributed by atoms with E-state index in [9.17, 15) is 9.59 Å². The highest BCUT2D eigenvalue weighted by Crippen LogP contribution is 2.07. The topological polar surface area (TPSA) is 79.8 Å². The first-order valence-electron chi connectivity index (χ1n) is 5.68. The van der Waals surface area contributed by atoms with Crippen molar-refractivity contribution in [2.75, 3.05) is 11.9 Å². The average Bonchev–Trinajstić information content (AvgIpc) is 2.35. The molecule has 0 amide bonds. The Bertz CT molecular complexity index is 645. The molecule has 0 spiro atoms. The van der Waals surface area contributed by atoms with E-state index in [4.69, 9.17) is 0 Å². The molecule has 0 saturated carbocycles. The fourth-order valence-corrected chi connectivity index (χ4v) is 1.62. The number of pyridine rings is 1. The first-order chi connectivity index (χ1) is 8.69. The van der Waals surface area contributed by atoms with Crippen LogP contribution in [0.5, 0.6) is 0 Å². The van der Waals surface area contributed by atoms with Crippen molar-refractivity contribution in [1.82, 2.24) is 14.8 Å². The highest BCUT2D eigenvalue weighted by atomic mass is 16.1. The van der Waals surface area contributed by atoms with E-state index in [0.717, 1.165) is 12.2 Å². The number of aromatic amines is 1. The van der Waals surface area contributed by atoms with E-state index in [1.54, 1.807) is 6.20 Å². The second-order valence-corrected chi connectivity index (χ2v) is 3.80. The van der Waals surface area contributed by atoms with Crippen LogP contribution in [0.4, 0.5) is 5.69 Å². The van der Waals surface area contributed by atoms with E-state index < -0.39 is 0 Å². The molecule has 0 aliphatic carbocycles. The zero-order valence-electron chi connectivity index (χ0n) is 10.0. The smallest absolute Gasteiger partial charge is 0.265 e. The van der Waals surface area contributed by atoms with E-state index in [-0.39, 0.29) is 17.7 Å². The van der Waals surface area contributed by atoms with E-state index in [0.29, 0.717) is 5.69 Å². The van der Waals surface area contributed by atoms with E-state index >= 15 is 0 Å². The third-order valence-electron chi connectivity index (χ3n) is 2.41. The summed E-state index contributed by atoms with van der Waals surface area (Å²) in [6.45, 7) is 3.05. The number of aromatic nitrogens is 3. The van der Waals surface area contributed by atoms with Crippen molar-refractivity contribution in [2.24, 2.45) is 0 Å². The van der Waals surface area contributed by atoms with Gasteiger partial charge < -0.3 is 5.32 Å². The number of nitrogens with zero attached hydrogens (tertiary/aromatic N) is 2. The van der Waals surface area contributed by atoms with Crippen LogP contribution in [0.25, 0.3) is 0 Å². The Hall–Kier alpha value is -2.37. The van der Waals surface area contributed by atoms with Gasteiger partial charge >= 0.3 is 0 Å². The molecule has 6 nitrogen and oxygen atoms in total. The summed E-state index contributed by atoms with van der Waals surface area (Å²) in [7, 11) is 0. The second kappa shape index (κ2) is 5.31. The maximum atomic E-state index is 11.5. The molecule has 0 aliphatic heterocycles. The molecule has 2 rings (SSSR count). The fourth-order valence-electron chi connectivity index (χ4n) is 1.62. The van der Waals surface area contributed by atoms with Crippen molar-refractivity contribution >= 4 is 5.69 Å². The molecular weight excluding hydrogens is 232 g/mol. The summed E-state index contributed by atoms with van der Waals surface area (Å²) in [6.07, 6.45) is 1.67. The highest BCUT2D eigenvalue weighted by Gasteiger charge is 2.01. The van der Waals surface area contributed by atoms with Gasteiger partial charge in [-0.05, 0) is 19.1 Å². The normalized spacial score (nSPS) is 10.3. The first kappa shape index (κ1) is 12.1.